The van der Waals surface area contributed by atoms with Crippen molar-refractivity contribution in [2.45, 2.75) is 56.8 Å². The first-order chi connectivity index (χ1) is 16.4. The standard InChI is InChI=1S/C28H32ClN3O2/c1-30-25(33)28(8-9-28)26(34)32-22-5-3-21(4-6-22)31-24-7-2-20(13-23(24)29)27-14-17-10-18(15-27)12-19(11-17)16-27/h2-7,13,17-19,31H,8-12,14-16H2,1H3,(H,30,33)(H,32,34). The summed E-state index contributed by atoms with van der Waals surface area (Å²) >= 11 is 6.76. The highest BCUT2D eigenvalue weighted by atomic mass is 35.5. The lowest BCUT2D eigenvalue weighted by Gasteiger charge is -2.57. The minimum atomic E-state index is -0.905. The van der Waals surface area contributed by atoms with Crippen molar-refractivity contribution in [3.05, 3.63) is 53.1 Å². The molecule has 0 heterocycles. The summed E-state index contributed by atoms with van der Waals surface area (Å²) in [5, 5.41) is 9.64. The van der Waals surface area contributed by atoms with Gasteiger partial charge in [-0.2, -0.15) is 0 Å². The van der Waals surface area contributed by atoms with Crippen LogP contribution in [0.5, 0.6) is 0 Å². The van der Waals surface area contributed by atoms with Gasteiger partial charge in [0.25, 0.3) is 0 Å². The number of anilines is 3. The molecular formula is C28H32ClN3O2. The Morgan fingerprint density at radius 1 is 0.853 bits per heavy atom. The van der Waals surface area contributed by atoms with Crippen LogP contribution in [0.1, 0.15) is 56.9 Å². The van der Waals surface area contributed by atoms with Gasteiger partial charge in [0.15, 0.2) is 0 Å². The van der Waals surface area contributed by atoms with E-state index in [1.807, 2.05) is 24.3 Å². The minimum Gasteiger partial charge on any atom is -0.358 e. The molecule has 5 saturated carbocycles. The molecule has 5 nitrogen and oxygen atoms in total. The van der Waals surface area contributed by atoms with Crippen molar-refractivity contribution in [3.8, 4) is 0 Å². The van der Waals surface area contributed by atoms with Gasteiger partial charge in [-0.3, -0.25) is 9.59 Å². The molecule has 2 amide bonds. The topological polar surface area (TPSA) is 70.2 Å². The highest BCUT2D eigenvalue weighted by molar-refractivity contribution is 6.33. The lowest BCUT2D eigenvalue weighted by atomic mass is 9.48. The predicted molar refractivity (Wildman–Crippen MR) is 135 cm³/mol. The highest BCUT2D eigenvalue weighted by Crippen LogP contribution is 2.61. The summed E-state index contributed by atoms with van der Waals surface area (Å²) in [5.74, 6) is 2.28. The number of halogens is 1. The van der Waals surface area contributed by atoms with Crippen molar-refractivity contribution in [2.24, 2.45) is 23.2 Å². The van der Waals surface area contributed by atoms with Crippen molar-refractivity contribution in [3.63, 3.8) is 0 Å². The van der Waals surface area contributed by atoms with Gasteiger partial charge in [-0.05, 0) is 116 Å². The fraction of sp³-hybridized carbons (Fsp3) is 0.500. The fourth-order valence-corrected chi connectivity index (χ4v) is 7.60. The van der Waals surface area contributed by atoms with E-state index >= 15 is 0 Å². The molecule has 178 valence electrons. The largest absolute Gasteiger partial charge is 0.358 e. The number of benzene rings is 2. The second kappa shape index (κ2) is 8.01. The quantitative estimate of drug-likeness (QED) is 0.446. The molecule has 0 radical (unpaired) electrons. The van der Waals surface area contributed by atoms with E-state index in [1.165, 1.54) is 44.1 Å². The first-order valence-electron chi connectivity index (χ1n) is 12.6. The average molecular weight is 478 g/mol. The molecule has 0 spiro atoms. The maximum atomic E-state index is 12.6. The number of amides is 2. The van der Waals surface area contributed by atoms with Crippen molar-refractivity contribution in [2.75, 3.05) is 17.7 Å². The SMILES string of the molecule is CNC(=O)C1(C(=O)Nc2ccc(Nc3ccc(C45CC6CC(CC(C6)C4)C5)cc3Cl)cc2)CC1. The molecule has 2 aromatic rings. The van der Waals surface area contributed by atoms with Crippen LogP contribution in [-0.2, 0) is 15.0 Å². The Labute approximate surface area is 206 Å². The van der Waals surface area contributed by atoms with Crippen molar-refractivity contribution >= 4 is 40.5 Å². The fourth-order valence-electron chi connectivity index (χ4n) is 7.38. The Balaban J connectivity index is 1.13. The van der Waals surface area contributed by atoms with Crippen molar-refractivity contribution in [1.29, 1.82) is 0 Å². The Morgan fingerprint density at radius 2 is 1.44 bits per heavy atom. The maximum absolute atomic E-state index is 12.6. The van der Waals surface area contributed by atoms with E-state index < -0.39 is 5.41 Å². The van der Waals surface area contributed by atoms with Crippen LogP contribution in [0.15, 0.2) is 42.5 Å². The van der Waals surface area contributed by atoms with E-state index in [0.29, 0.717) is 23.9 Å². The summed E-state index contributed by atoms with van der Waals surface area (Å²) in [4.78, 5) is 24.6. The van der Waals surface area contributed by atoms with Gasteiger partial charge in [-0.15, -0.1) is 0 Å². The van der Waals surface area contributed by atoms with Crippen LogP contribution in [0.25, 0.3) is 0 Å². The molecule has 5 fully saturated rings. The third kappa shape index (κ3) is 3.69. The number of nitrogens with one attached hydrogen (secondary N) is 3. The molecule has 0 aliphatic heterocycles. The zero-order chi connectivity index (χ0) is 23.5. The van der Waals surface area contributed by atoms with E-state index in [-0.39, 0.29) is 11.8 Å². The monoisotopic (exact) mass is 477 g/mol. The molecule has 4 bridgehead atoms. The molecule has 0 saturated heterocycles. The molecule has 7 rings (SSSR count). The normalized spacial score (nSPS) is 30.0. The summed E-state index contributed by atoms with van der Waals surface area (Å²) in [5.41, 5.74) is 3.32. The molecule has 0 unspecified atom stereocenters. The van der Waals surface area contributed by atoms with Crippen LogP contribution < -0.4 is 16.0 Å². The van der Waals surface area contributed by atoms with E-state index in [2.05, 4.69) is 34.1 Å². The van der Waals surface area contributed by atoms with Crippen molar-refractivity contribution in [1.82, 2.24) is 5.32 Å². The van der Waals surface area contributed by atoms with Gasteiger partial charge in [0.05, 0.1) is 10.7 Å². The van der Waals surface area contributed by atoms with Gasteiger partial charge in [0.1, 0.15) is 5.41 Å². The van der Waals surface area contributed by atoms with Crippen LogP contribution in [-0.4, -0.2) is 18.9 Å². The lowest BCUT2D eigenvalue weighted by Crippen LogP contribution is -2.48. The van der Waals surface area contributed by atoms with Crippen LogP contribution in [0.3, 0.4) is 0 Å². The number of carbonyl (C=O) groups excluding carboxylic acids is 2. The zero-order valence-corrected chi connectivity index (χ0v) is 20.4. The van der Waals surface area contributed by atoms with E-state index in [1.54, 1.807) is 7.05 Å². The molecule has 0 aromatic heterocycles. The van der Waals surface area contributed by atoms with E-state index in [0.717, 1.165) is 34.2 Å². The van der Waals surface area contributed by atoms with Crippen LogP contribution in [0.2, 0.25) is 5.02 Å². The van der Waals surface area contributed by atoms with Gasteiger partial charge in [-0.25, -0.2) is 0 Å². The molecule has 3 N–H and O–H groups in total. The molecule has 2 aromatic carbocycles. The second-order valence-corrected chi connectivity index (χ2v) is 11.6. The van der Waals surface area contributed by atoms with Gasteiger partial charge in [-0.1, -0.05) is 17.7 Å². The van der Waals surface area contributed by atoms with Gasteiger partial charge >= 0.3 is 0 Å². The van der Waals surface area contributed by atoms with Gasteiger partial charge < -0.3 is 16.0 Å². The molecule has 0 atom stereocenters. The number of hydrogen-bond acceptors (Lipinski definition) is 3. The number of hydrogen-bond donors (Lipinski definition) is 3. The predicted octanol–water partition coefficient (Wildman–Crippen LogP) is 6.02. The average Bonchev–Trinajstić information content (AvgIpc) is 3.62. The minimum absolute atomic E-state index is 0.213. The Morgan fingerprint density at radius 3 is 1.97 bits per heavy atom. The first-order valence-corrected chi connectivity index (χ1v) is 13.0. The smallest absolute Gasteiger partial charge is 0.240 e. The number of rotatable bonds is 6. The van der Waals surface area contributed by atoms with E-state index in [4.69, 9.17) is 11.6 Å². The second-order valence-electron chi connectivity index (χ2n) is 11.2. The summed E-state index contributed by atoms with van der Waals surface area (Å²) in [6.45, 7) is 0. The Bertz CT molecular complexity index is 1100. The molecular weight excluding hydrogens is 446 g/mol. The zero-order valence-electron chi connectivity index (χ0n) is 19.6. The third-order valence-electron chi connectivity index (χ3n) is 8.89. The highest BCUT2D eigenvalue weighted by Gasteiger charge is 2.56. The Kier molecular flexibility index (Phi) is 5.18. The van der Waals surface area contributed by atoms with Gasteiger partial charge in [0.2, 0.25) is 11.8 Å². The summed E-state index contributed by atoms with van der Waals surface area (Å²) in [7, 11) is 1.57. The maximum Gasteiger partial charge on any atom is 0.240 e. The van der Waals surface area contributed by atoms with Crippen molar-refractivity contribution < 1.29 is 9.59 Å². The molecule has 5 aliphatic carbocycles. The van der Waals surface area contributed by atoms with E-state index in [9.17, 15) is 9.59 Å². The summed E-state index contributed by atoms with van der Waals surface area (Å²) < 4.78 is 0. The summed E-state index contributed by atoms with van der Waals surface area (Å²) in [6, 6.07) is 14.1. The number of carbonyl (C=O) groups is 2. The van der Waals surface area contributed by atoms with Crippen LogP contribution in [0, 0.1) is 23.2 Å². The molecule has 5 aliphatic rings. The molecule has 34 heavy (non-hydrogen) atoms. The lowest BCUT2D eigenvalue weighted by molar-refractivity contribution is -0.134. The summed E-state index contributed by atoms with van der Waals surface area (Å²) in [6.07, 6.45) is 9.50. The molecule has 6 heteroatoms. The van der Waals surface area contributed by atoms with Crippen LogP contribution in [0.4, 0.5) is 17.1 Å². The van der Waals surface area contributed by atoms with Gasteiger partial charge in [0, 0.05) is 18.4 Å². The Hall–Kier alpha value is -2.53. The van der Waals surface area contributed by atoms with Crippen LogP contribution >= 0.6 is 11.6 Å². The third-order valence-corrected chi connectivity index (χ3v) is 9.20. The first kappa shape index (κ1) is 22.0.